The third-order valence-corrected chi connectivity index (χ3v) is 13.7. The number of rotatable bonds is 10. The third-order valence-electron chi connectivity index (χ3n) is 13.7. The van der Waals surface area contributed by atoms with Crippen LogP contribution in [-0.2, 0) is 33.7 Å². The molecule has 0 saturated heterocycles. The molecule has 0 amide bonds. The number of fused-ring (bicyclic) bond motifs is 2. The molecule has 2 fully saturated rings. The molecule has 0 spiro atoms. The van der Waals surface area contributed by atoms with Gasteiger partial charge in [0.15, 0.2) is 0 Å². The molecular formula is C58H76Cl2SiZr. The van der Waals surface area contributed by atoms with E-state index in [0.717, 1.165) is 9.52 Å². The van der Waals surface area contributed by atoms with Crippen LogP contribution in [-0.4, -0.2) is 9.52 Å². The summed E-state index contributed by atoms with van der Waals surface area (Å²) in [6.45, 7) is 17.8. The van der Waals surface area contributed by atoms with Gasteiger partial charge < -0.3 is 0 Å². The average molecular weight is 963 g/mol. The van der Waals surface area contributed by atoms with Crippen molar-refractivity contribution < 1.29 is 20.8 Å². The Kier molecular flexibility index (Phi) is 20.9. The summed E-state index contributed by atoms with van der Waals surface area (Å²) >= 11 is -0.826. The van der Waals surface area contributed by atoms with Crippen molar-refractivity contribution >= 4 is 48.1 Å². The summed E-state index contributed by atoms with van der Waals surface area (Å²) in [5, 5.41) is 5.68. The van der Waals surface area contributed by atoms with Crippen molar-refractivity contribution in [2.45, 2.75) is 170 Å². The zero-order valence-electron chi connectivity index (χ0n) is 39.7. The van der Waals surface area contributed by atoms with Gasteiger partial charge in [-0.15, -0.1) is 69.1 Å². The summed E-state index contributed by atoms with van der Waals surface area (Å²) in [6, 6.07) is 37.5. The molecule has 4 heteroatoms. The van der Waals surface area contributed by atoms with E-state index in [4.69, 9.17) is 17.0 Å². The fourth-order valence-corrected chi connectivity index (χ4v) is 11.5. The number of aryl methyl sites for hydroxylation is 4. The maximum absolute atomic E-state index is 4.93. The Labute approximate surface area is 399 Å². The zero-order valence-corrected chi connectivity index (χ0v) is 44.7. The Bertz CT molecular complexity index is 2040. The minimum atomic E-state index is -0.826. The second-order valence-corrected chi connectivity index (χ2v) is 24.1. The van der Waals surface area contributed by atoms with Crippen molar-refractivity contribution in [3.63, 3.8) is 0 Å². The molecule has 62 heavy (non-hydrogen) atoms. The van der Waals surface area contributed by atoms with Gasteiger partial charge in [-0.1, -0.05) is 173 Å². The van der Waals surface area contributed by atoms with Crippen molar-refractivity contribution in [1.82, 2.24) is 0 Å². The van der Waals surface area contributed by atoms with Gasteiger partial charge in [-0.2, -0.15) is 12.1 Å². The van der Waals surface area contributed by atoms with Crippen molar-refractivity contribution in [2.75, 3.05) is 0 Å². The van der Waals surface area contributed by atoms with Crippen LogP contribution in [0.1, 0.15) is 150 Å². The topological polar surface area (TPSA) is 0 Å². The van der Waals surface area contributed by atoms with Crippen LogP contribution in [0.25, 0.3) is 43.8 Å². The van der Waals surface area contributed by atoms with E-state index in [1.807, 2.05) is 0 Å². The fourth-order valence-electron chi connectivity index (χ4n) is 11.5. The van der Waals surface area contributed by atoms with Gasteiger partial charge in [-0.05, 0) is 101 Å². The van der Waals surface area contributed by atoms with Gasteiger partial charge in [0.2, 0.25) is 0 Å². The molecule has 2 radical (unpaired) electrons. The molecule has 2 saturated carbocycles. The summed E-state index contributed by atoms with van der Waals surface area (Å²) in [4.78, 5) is 0. The van der Waals surface area contributed by atoms with Gasteiger partial charge in [0.05, 0.1) is 0 Å². The van der Waals surface area contributed by atoms with Gasteiger partial charge in [-0.3, -0.25) is 0 Å². The summed E-state index contributed by atoms with van der Waals surface area (Å²) in [5.41, 5.74) is 15.1. The molecule has 0 heterocycles. The Hall–Kier alpha value is -2.22. The molecule has 0 N–H and O–H groups in total. The van der Waals surface area contributed by atoms with Crippen LogP contribution in [0.3, 0.4) is 0 Å². The quantitative estimate of drug-likeness (QED) is 0.0729. The van der Waals surface area contributed by atoms with Crippen LogP contribution < -0.4 is 0 Å². The number of halogens is 2. The average Bonchev–Trinajstić information content (AvgIpc) is 3.66. The Morgan fingerprint density at radius 3 is 1.15 bits per heavy atom. The molecule has 6 aromatic rings. The predicted octanol–water partition coefficient (Wildman–Crippen LogP) is 19.2. The molecule has 0 bridgehead atoms. The number of hydrogen-bond acceptors (Lipinski definition) is 0. The van der Waals surface area contributed by atoms with Gasteiger partial charge in [0.1, 0.15) is 0 Å². The van der Waals surface area contributed by atoms with E-state index < -0.39 is 20.8 Å². The summed E-state index contributed by atoms with van der Waals surface area (Å²) in [6.07, 6.45) is 25.1. The molecule has 8 rings (SSSR count). The fraction of sp³-hybridized carbons (Fsp3) is 0.483. The Balaban J connectivity index is 0.000000208. The number of benzene rings is 4. The van der Waals surface area contributed by atoms with E-state index >= 15 is 0 Å². The number of hydrogen-bond donors (Lipinski definition) is 0. The summed E-state index contributed by atoms with van der Waals surface area (Å²) < 4.78 is 0. The second-order valence-electron chi connectivity index (χ2n) is 19.4. The second kappa shape index (κ2) is 25.5. The van der Waals surface area contributed by atoms with Gasteiger partial charge >= 0.3 is 37.9 Å². The third kappa shape index (κ3) is 14.4. The first-order valence-corrected chi connectivity index (χ1v) is 32.4. The maximum atomic E-state index is 4.93. The Morgan fingerprint density at radius 1 is 0.516 bits per heavy atom. The molecule has 330 valence electrons. The van der Waals surface area contributed by atoms with Crippen LogP contribution in [0.15, 0.2) is 97.1 Å². The standard InChI is InChI=1S/2C28H35.C2H6Si.2ClH.Zr/c2*1-4-12-28(13-7-5-6-8-14-28)20-23-18-24-10-9-11-26(27(24)19-23)25-16-21(2)15-22(3)17-25;1-3-2;;;/h2*9-11,15-19H,4-8,12-14,20H2,1-3H3;1-2H3;2*1H;/q2*-1;;;;+4/p-2. The minimum absolute atomic E-state index is 0.537. The molecule has 0 aliphatic heterocycles. The van der Waals surface area contributed by atoms with Crippen molar-refractivity contribution in [3.8, 4) is 22.3 Å². The molecule has 6 aromatic carbocycles. The zero-order chi connectivity index (χ0) is 44.5. The molecular weight excluding hydrogens is 887 g/mol. The molecule has 0 aromatic heterocycles. The monoisotopic (exact) mass is 960 g/mol. The first-order valence-electron chi connectivity index (χ1n) is 24.1. The van der Waals surface area contributed by atoms with E-state index in [9.17, 15) is 0 Å². The molecule has 0 unspecified atom stereocenters. The Morgan fingerprint density at radius 2 is 0.839 bits per heavy atom. The van der Waals surface area contributed by atoms with E-state index in [2.05, 4.69) is 152 Å². The van der Waals surface area contributed by atoms with Crippen LogP contribution in [0.5, 0.6) is 0 Å². The molecule has 2 aliphatic rings. The van der Waals surface area contributed by atoms with Crippen molar-refractivity contribution in [3.05, 3.63) is 130 Å². The van der Waals surface area contributed by atoms with Gasteiger partial charge in [0.25, 0.3) is 0 Å². The van der Waals surface area contributed by atoms with Gasteiger partial charge in [0, 0.05) is 9.52 Å². The van der Waals surface area contributed by atoms with Crippen molar-refractivity contribution in [2.24, 2.45) is 10.8 Å². The summed E-state index contributed by atoms with van der Waals surface area (Å²) in [7, 11) is 11.0. The van der Waals surface area contributed by atoms with Crippen LogP contribution in [0, 0.1) is 38.5 Å². The van der Waals surface area contributed by atoms with Gasteiger partial charge in [-0.25, -0.2) is 0 Å². The van der Waals surface area contributed by atoms with E-state index in [1.54, 1.807) is 11.1 Å². The molecule has 2 aliphatic carbocycles. The summed E-state index contributed by atoms with van der Waals surface area (Å²) in [5.74, 6) is 0. The first kappa shape index (κ1) is 50.8. The van der Waals surface area contributed by atoms with E-state index in [1.165, 1.54) is 182 Å². The predicted molar refractivity (Wildman–Crippen MR) is 276 cm³/mol. The normalized spacial score (nSPS) is 15.8. The van der Waals surface area contributed by atoms with Crippen LogP contribution in [0.4, 0.5) is 0 Å². The molecule has 0 nitrogen and oxygen atoms in total. The first-order chi connectivity index (χ1) is 30.0. The van der Waals surface area contributed by atoms with E-state index in [0.29, 0.717) is 10.8 Å². The molecule has 0 atom stereocenters. The van der Waals surface area contributed by atoms with Crippen LogP contribution in [0.2, 0.25) is 13.1 Å². The van der Waals surface area contributed by atoms with Crippen molar-refractivity contribution in [1.29, 1.82) is 0 Å². The SMILES string of the molecule is CCCC1(Cc2cc3c(-c4cc(C)cc(C)c4)cccc3[cH-]2)CCCCCC1.CCCC1(Cc2cc3c(-c4cc(C)cc(C)c4)cccc3[cH-]2)CCCCCC1.C[Si]C.[Cl][Zr+2][Cl]. The van der Waals surface area contributed by atoms with E-state index in [-0.39, 0.29) is 0 Å². The van der Waals surface area contributed by atoms with Crippen LogP contribution >= 0.6 is 17.0 Å².